The van der Waals surface area contributed by atoms with Gasteiger partial charge < -0.3 is 10.8 Å². The first-order valence-corrected chi connectivity index (χ1v) is 4.14. The highest BCUT2D eigenvalue weighted by Gasteiger charge is 2.03. The fourth-order valence-electron chi connectivity index (χ4n) is 0.937. The van der Waals surface area contributed by atoms with Crippen LogP contribution in [-0.4, -0.2) is 20.8 Å². The highest BCUT2D eigenvalue weighted by Crippen LogP contribution is 1.95. The van der Waals surface area contributed by atoms with Gasteiger partial charge in [-0.05, 0) is 12.5 Å². The summed E-state index contributed by atoms with van der Waals surface area (Å²) >= 11 is 0. The van der Waals surface area contributed by atoms with Crippen LogP contribution in [0.25, 0.3) is 0 Å². The Morgan fingerprint density at radius 1 is 1.77 bits per heavy atom. The Labute approximate surface area is 75.8 Å². The molecule has 72 valence electrons. The molecule has 1 rings (SSSR count). The molecule has 0 saturated carbocycles. The molecular weight excluding hydrogens is 170 g/mol. The molecule has 0 amide bonds. The molecule has 0 aromatic carbocycles. The predicted octanol–water partition coefficient (Wildman–Crippen LogP) is -0.404. The van der Waals surface area contributed by atoms with Crippen LogP contribution in [0, 0.1) is 0 Å². The zero-order valence-corrected chi connectivity index (χ0v) is 7.47. The Morgan fingerprint density at radius 3 is 3.00 bits per heavy atom. The van der Waals surface area contributed by atoms with Crippen LogP contribution in [-0.2, 0) is 6.54 Å². The van der Waals surface area contributed by atoms with Gasteiger partial charge in [-0.25, -0.2) is 4.79 Å². The first-order chi connectivity index (χ1) is 6.13. The van der Waals surface area contributed by atoms with Gasteiger partial charge in [-0.3, -0.25) is 4.57 Å². The van der Waals surface area contributed by atoms with E-state index in [1.54, 1.807) is 0 Å². The SMILES string of the molecule is CCC(O)Cn1ccc(N)nc1=O. The van der Waals surface area contributed by atoms with Crippen LogP contribution >= 0.6 is 0 Å². The lowest BCUT2D eigenvalue weighted by atomic mass is 10.3. The van der Waals surface area contributed by atoms with E-state index in [1.807, 2.05) is 6.92 Å². The Hall–Kier alpha value is -1.36. The summed E-state index contributed by atoms with van der Waals surface area (Å²) < 4.78 is 1.34. The summed E-state index contributed by atoms with van der Waals surface area (Å²) in [5, 5.41) is 9.29. The molecule has 1 aromatic rings. The van der Waals surface area contributed by atoms with E-state index >= 15 is 0 Å². The van der Waals surface area contributed by atoms with Gasteiger partial charge in [-0.1, -0.05) is 6.92 Å². The van der Waals surface area contributed by atoms with Crippen molar-refractivity contribution in [3.05, 3.63) is 22.7 Å². The van der Waals surface area contributed by atoms with Gasteiger partial charge in [0.25, 0.3) is 0 Å². The van der Waals surface area contributed by atoms with E-state index in [0.717, 1.165) is 0 Å². The third-order valence-corrected chi connectivity index (χ3v) is 1.77. The summed E-state index contributed by atoms with van der Waals surface area (Å²) in [5.74, 6) is 0.201. The summed E-state index contributed by atoms with van der Waals surface area (Å²) in [7, 11) is 0. The van der Waals surface area contributed by atoms with E-state index in [0.29, 0.717) is 6.42 Å². The smallest absolute Gasteiger partial charge is 0.349 e. The number of aliphatic hydroxyl groups excluding tert-OH is 1. The van der Waals surface area contributed by atoms with Crippen LogP contribution < -0.4 is 11.4 Å². The van der Waals surface area contributed by atoms with E-state index in [4.69, 9.17) is 5.73 Å². The van der Waals surface area contributed by atoms with Crippen molar-refractivity contribution in [2.24, 2.45) is 0 Å². The Bertz CT molecular complexity index is 334. The van der Waals surface area contributed by atoms with E-state index in [-0.39, 0.29) is 12.4 Å². The van der Waals surface area contributed by atoms with Crippen molar-refractivity contribution in [2.45, 2.75) is 26.0 Å². The van der Waals surface area contributed by atoms with Crippen LogP contribution in [0.1, 0.15) is 13.3 Å². The second-order valence-corrected chi connectivity index (χ2v) is 2.85. The number of aromatic nitrogens is 2. The lowest BCUT2D eigenvalue weighted by Crippen LogP contribution is -2.28. The van der Waals surface area contributed by atoms with E-state index in [9.17, 15) is 9.90 Å². The summed E-state index contributed by atoms with van der Waals surface area (Å²) in [6.07, 6.45) is 1.63. The molecule has 0 saturated heterocycles. The average Bonchev–Trinajstić information content (AvgIpc) is 2.09. The number of hydrogen-bond donors (Lipinski definition) is 2. The third kappa shape index (κ3) is 2.55. The number of aliphatic hydroxyl groups is 1. The second kappa shape index (κ2) is 4.04. The van der Waals surface area contributed by atoms with Crippen molar-refractivity contribution in [3.8, 4) is 0 Å². The number of rotatable bonds is 3. The summed E-state index contributed by atoms with van der Waals surface area (Å²) in [6.45, 7) is 2.11. The quantitative estimate of drug-likeness (QED) is 0.668. The number of nitrogen functional groups attached to an aromatic ring is 1. The normalized spacial score (nSPS) is 12.8. The lowest BCUT2D eigenvalue weighted by Gasteiger charge is -2.09. The minimum absolute atomic E-state index is 0.201. The molecule has 0 aliphatic rings. The van der Waals surface area contributed by atoms with Crippen molar-refractivity contribution in [1.82, 2.24) is 9.55 Å². The Kier molecular flexibility index (Phi) is 3.02. The zero-order chi connectivity index (χ0) is 9.84. The molecule has 3 N–H and O–H groups in total. The number of hydrogen-bond acceptors (Lipinski definition) is 4. The number of anilines is 1. The predicted molar refractivity (Wildman–Crippen MR) is 49.2 cm³/mol. The van der Waals surface area contributed by atoms with Crippen molar-refractivity contribution in [1.29, 1.82) is 0 Å². The second-order valence-electron chi connectivity index (χ2n) is 2.85. The van der Waals surface area contributed by atoms with Gasteiger partial charge in [0.2, 0.25) is 0 Å². The summed E-state index contributed by atoms with van der Waals surface area (Å²) in [6, 6.07) is 1.53. The molecule has 13 heavy (non-hydrogen) atoms. The van der Waals surface area contributed by atoms with Gasteiger partial charge in [0.1, 0.15) is 5.82 Å². The molecule has 0 radical (unpaired) electrons. The average molecular weight is 183 g/mol. The molecule has 0 aliphatic carbocycles. The largest absolute Gasteiger partial charge is 0.391 e. The molecule has 5 heteroatoms. The number of nitrogens with zero attached hydrogens (tertiary/aromatic N) is 2. The molecule has 1 aromatic heterocycles. The molecule has 1 heterocycles. The maximum Gasteiger partial charge on any atom is 0.349 e. The molecule has 0 aliphatic heterocycles. The molecule has 1 unspecified atom stereocenters. The van der Waals surface area contributed by atoms with E-state index in [2.05, 4.69) is 4.98 Å². The van der Waals surface area contributed by atoms with Crippen molar-refractivity contribution >= 4 is 5.82 Å². The third-order valence-electron chi connectivity index (χ3n) is 1.77. The Morgan fingerprint density at radius 2 is 2.46 bits per heavy atom. The fourth-order valence-corrected chi connectivity index (χ4v) is 0.937. The summed E-state index contributed by atoms with van der Waals surface area (Å²) in [4.78, 5) is 14.7. The maximum atomic E-state index is 11.2. The first-order valence-electron chi connectivity index (χ1n) is 4.14. The Balaban J connectivity index is 2.84. The topological polar surface area (TPSA) is 81.1 Å². The van der Waals surface area contributed by atoms with Gasteiger partial charge in [0, 0.05) is 6.20 Å². The minimum atomic E-state index is -0.511. The highest BCUT2D eigenvalue weighted by molar-refractivity contribution is 5.23. The van der Waals surface area contributed by atoms with Gasteiger partial charge >= 0.3 is 5.69 Å². The van der Waals surface area contributed by atoms with Crippen LogP contribution in [0.3, 0.4) is 0 Å². The van der Waals surface area contributed by atoms with Crippen molar-refractivity contribution in [2.75, 3.05) is 5.73 Å². The molecule has 0 fully saturated rings. The van der Waals surface area contributed by atoms with Crippen LogP contribution in [0.4, 0.5) is 5.82 Å². The van der Waals surface area contributed by atoms with Crippen LogP contribution in [0.15, 0.2) is 17.1 Å². The van der Waals surface area contributed by atoms with Gasteiger partial charge in [0.05, 0.1) is 12.6 Å². The lowest BCUT2D eigenvalue weighted by molar-refractivity contribution is 0.148. The van der Waals surface area contributed by atoms with Gasteiger partial charge in [-0.2, -0.15) is 4.98 Å². The highest BCUT2D eigenvalue weighted by atomic mass is 16.3. The molecule has 0 spiro atoms. The van der Waals surface area contributed by atoms with Crippen molar-refractivity contribution in [3.63, 3.8) is 0 Å². The minimum Gasteiger partial charge on any atom is -0.391 e. The zero-order valence-electron chi connectivity index (χ0n) is 7.47. The molecule has 1 atom stereocenters. The van der Waals surface area contributed by atoms with Crippen molar-refractivity contribution < 1.29 is 5.11 Å². The van der Waals surface area contributed by atoms with Gasteiger partial charge in [-0.15, -0.1) is 0 Å². The fraction of sp³-hybridized carbons (Fsp3) is 0.500. The summed E-state index contributed by atoms with van der Waals surface area (Å²) in [5.41, 5.74) is 4.88. The number of nitrogens with two attached hydrogens (primary N) is 1. The van der Waals surface area contributed by atoms with E-state index in [1.165, 1.54) is 16.8 Å². The van der Waals surface area contributed by atoms with Gasteiger partial charge in [0.15, 0.2) is 0 Å². The maximum absolute atomic E-state index is 11.2. The molecule has 0 bridgehead atoms. The van der Waals surface area contributed by atoms with E-state index < -0.39 is 11.8 Å². The molecule has 5 nitrogen and oxygen atoms in total. The monoisotopic (exact) mass is 183 g/mol. The molecular formula is C8H13N3O2. The first kappa shape index (κ1) is 9.73. The van der Waals surface area contributed by atoms with Crippen LogP contribution in [0.2, 0.25) is 0 Å². The van der Waals surface area contributed by atoms with Crippen LogP contribution in [0.5, 0.6) is 0 Å². The standard InChI is InChI=1S/C8H13N3O2/c1-2-6(12)5-11-4-3-7(9)10-8(11)13/h3-4,6,12H,2,5H2,1H3,(H2,9,10,13).